The first-order valence-electron chi connectivity index (χ1n) is 8.87. The third kappa shape index (κ3) is 7.32. The fraction of sp³-hybridized carbons (Fsp3) is 0.368. The van der Waals surface area contributed by atoms with E-state index in [2.05, 4.69) is 15.6 Å². The summed E-state index contributed by atoms with van der Waals surface area (Å²) in [5.74, 6) is -0.718. The molecule has 28 heavy (non-hydrogen) atoms. The van der Waals surface area contributed by atoms with Gasteiger partial charge in [0.05, 0.1) is 5.56 Å². The lowest BCUT2D eigenvalue weighted by Gasteiger charge is -2.09. The van der Waals surface area contributed by atoms with Crippen molar-refractivity contribution in [2.75, 3.05) is 13.2 Å². The first-order chi connectivity index (χ1) is 13.5. The Kier molecular flexibility index (Phi) is 8.96. The van der Waals surface area contributed by atoms with Crippen LogP contribution in [0.1, 0.15) is 41.4 Å². The molecule has 1 aromatic carbocycles. The Bertz CT molecular complexity index is 823. The lowest BCUT2D eigenvalue weighted by Crippen LogP contribution is -2.41. The molecule has 2 N–H and O–H groups in total. The van der Waals surface area contributed by atoms with E-state index in [0.717, 1.165) is 28.4 Å². The highest BCUT2D eigenvalue weighted by Gasteiger charge is 2.16. The van der Waals surface area contributed by atoms with Gasteiger partial charge in [-0.1, -0.05) is 43.3 Å². The number of nitrogens with zero attached hydrogens (tertiary/aromatic N) is 1. The number of aromatic nitrogens is 1. The Labute approximate surface area is 172 Å². The lowest BCUT2D eigenvalue weighted by molar-refractivity contribution is -0.123. The van der Waals surface area contributed by atoms with Crippen LogP contribution in [-0.2, 0) is 15.3 Å². The Hall–Kier alpha value is -2.39. The number of thioether (sulfide) groups is 1. The summed E-state index contributed by atoms with van der Waals surface area (Å²) < 4.78 is 5.99. The van der Waals surface area contributed by atoms with Gasteiger partial charge in [0.25, 0.3) is 5.91 Å². The number of unbranched alkanes of at least 4 members (excludes halogenated alkanes) is 1. The van der Waals surface area contributed by atoms with Crippen LogP contribution in [0.3, 0.4) is 0 Å². The molecule has 2 aromatic rings. The van der Waals surface area contributed by atoms with Crippen molar-refractivity contribution >= 4 is 41.0 Å². The standard InChI is InChI=1S/C19H23N3O4S2/c1-3-4-9-20-18(25)22-16(23)10-26-17(24)15-8-6-5-7-14(15)12-28-19-21-13(2)11-27-19/h5-8,11H,3-4,9-10,12H2,1-2H3,(H2,20,22,23,25). The molecule has 0 saturated heterocycles. The van der Waals surface area contributed by atoms with Crippen LogP contribution in [-0.4, -0.2) is 36.0 Å². The van der Waals surface area contributed by atoms with Crippen LogP contribution in [0, 0.1) is 6.92 Å². The minimum Gasteiger partial charge on any atom is -0.452 e. The molecule has 1 heterocycles. The van der Waals surface area contributed by atoms with Crippen LogP contribution in [0.15, 0.2) is 34.0 Å². The number of ether oxygens (including phenoxy) is 1. The van der Waals surface area contributed by atoms with Crippen LogP contribution < -0.4 is 10.6 Å². The van der Waals surface area contributed by atoms with E-state index in [1.54, 1.807) is 23.5 Å². The number of thiazole rings is 1. The monoisotopic (exact) mass is 421 g/mol. The lowest BCUT2D eigenvalue weighted by atomic mass is 10.1. The number of imide groups is 1. The van der Waals surface area contributed by atoms with Crippen LogP contribution in [0.4, 0.5) is 4.79 Å². The van der Waals surface area contributed by atoms with Crippen molar-refractivity contribution < 1.29 is 19.1 Å². The second-order valence-corrected chi connectivity index (χ2v) is 8.01. The minimum absolute atomic E-state index is 0.392. The number of esters is 1. The number of rotatable bonds is 9. The van der Waals surface area contributed by atoms with E-state index in [-0.39, 0.29) is 0 Å². The normalized spacial score (nSPS) is 10.4. The Morgan fingerprint density at radius 2 is 2.04 bits per heavy atom. The maximum absolute atomic E-state index is 12.4. The highest BCUT2D eigenvalue weighted by Crippen LogP contribution is 2.27. The zero-order valence-corrected chi connectivity index (χ0v) is 17.5. The fourth-order valence-electron chi connectivity index (χ4n) is 2.18. The van der Waals surface area contributed by atoms with Crippen LogP contribution in [0.2, 0.25) is 0 Å². The van der Waals surface area contributed by atoms with Gasteiger partial charge in [-0.05, 0) is 25.0 Å². The topological polar surface area (TPSA) is 97.4 Å². The number of benzene rings is 1. The van der Waals surface area contributed by atoms with E-state index >= 15 is 0 Å². The number of hydrogen-bond donors (Lipinski definition) is 2. The smallest absolute Gasteiger partial charge is 0.338 e. The SMILES string of the molecule is CCCCNC(=O)NC(=O)COC(=O)c1ccccc1CSc1nc(C)cs1. The van der Waals surface area contributed by atoms with Gasteiger partial charge in [0.1, 0.15) is 4.34 Å². The summed E-state index contributed by atoms with van der Waals surface area (Å²) in [7, 11) is 0. The molecule has 0 radical (unpaired) electrons. The molecule has 0 aliphatic carbocycles. The van der Waals surface area contributed by atoms with Gasteiger partial charge in [0.15, 0.2) is 6.61 Å². The van der Waals surface area contributed by atoms with Crippen molar-refractivity contribution in [3.63, 3.8) is 0 Å². The number of aryl methyl sites for hydroxylation is 1. The van der Waals surface area contributed by atoms with E-state index in [0.29, 0.717) is 17.9 Å². The van der Waals surface area contributed by atoms with Gasteiger partial charge in [-0.3, -0.25) is 10.1 Å². The number of carbonyl (C=O) groups is 3. The van der Waals surface area contributed by atoms with E-state index in [1.807, 2.05) is 31.4 Å². The van der Waals surface area contributed by atoms with Crippen LogP contribution >= 0.6 is 23.1 Å². The van der Waals surface area contributed by atoms with Gasteiger partial charge in [0.2, 0.25) is 0 Å². The Morgan fingerprint density at radius 3 is 2.75 bits per heavy atom. The van der Waals surface area contributed by atoms with Gasteiger partial charge in [-0.2, -0.15) is 0 Å². The summed E-state index contributed by atoms with van der Waals surface area (Å²) >= 11 is 3.09. The molecule has 0 unspecified atom stereocenters. The predicted octanol–water partition coefficient (Wildman–Crippen LogP) is 3.53. The van der Waals surface area contributed by atoms with Crippen molar-refractivity contribution in [3.8, 4) is 0 Å². The summed E-state index contributed by atoms with van der Waals surface area (Å²) in [6.45, 7) is 3.89. The molecule has 0 fully saturated rings. The van der Waals surface area contributed by atoms with E-state index in [1.165, 1.54) is 11.8 Å². The fourth-order valence-corrected chi connectivity index (χ4v) is 4.03. The van der Waals surface area contributed by atoms with Gasteiger partial charge >= 0.3 is 12.0 Å². The van der Waals surface area contributed by atoms with E-state index < -0.39 is 24.5 Å². The zero-order valence-electron chi connectivity index (χ0n) is 15.8. The molecule has 0 aliphatic heterocycles. The average molecular weight is 422 g/mol. The van der Waals surface area contributed by atoms with Gasteiger partial charge in [-0.15, -0.1) is 11.3 Å². The maximum Gasteiger partial charge on any atom is 0.338 e. The number of carbonyl (C=O) groups excluding carboxylic acids is 3. The minimum atomic E-state index is -0.674. The third-order valence-corrected chi connectivity index (χ3v) is 5.78. The highest BCUT2D eigenvalue weighted by atomic mass is 32.2. The first-order valence-corrected chi connectivity index (χ1v) is 10.7. The molecule has 3 amide bonds. The van der Waals surface area contributed by atoms with E-state index in [9.17, 15) is 14.4 Å². The molecule has 7 nitrogen and oxygen atoms in total. The molecule has 150 valence electrons. The van der Waals surface area contributed by atoms with Crippen molar-refractivity contribution in [2.24, 2.45) is 0 Å². The second kappa shape index (κ2) is 11.5. The molecule has 0 atom stereocenters. The van der Waals surface area contributed by atoms with Crippen molar-refractivity contribution in [1.29, 1.82) is 0 Å². The molecule has 0 aliphatic rings. The predicted molar refractivity (Wildman–Crippen MR) is 110 cm³/mol. The Balaban J connectivity index is 1.84. The second-order valence-electron chi connectivity index (χ2n) is 5.93. The highest BCUT2D eigenvalue weighted by molar-refractivity contribution is 8.00. The molecule has 0 bridgehead atoms. The van der Waals surface area contributed by atoms with Crippen molar-refractivity contribution in [2.45, 2.75) is 36.8 Å². The third-order valence-electron chi connectivity index (χ3n) is 3.59. The Morgan fingerprint density at radius 1 is 1.25 bits per heavy atom. The molecule has 9 heteroatoms. The van der Waals surface area contributed by atoms with Gasteiger partial charge in [-0.25, -0.2) is 14.6 Å². The largest absolute Gasteiger partial charge is 0.452 e. The quantitative estimate of drug-likeness (QED) is 0.365. The van der Waals surface area contributed by atoms with Crippen LogP contribution in [0.25, 0.3) is 0 Å². The van der Waals surface area contributed by atoms with Crippen molar-refractivity contribution in [3.05, 3.63) is 46.5 Å². The molecule has 0 spiro atoms. The molecular weight excluding hydrogens is 398 g/mol. The first kappa shape index (κ1) is 21.9. The molecule has 0 saturated carbocycles. The summed E-state index contributed by atoms with van der Waals surface area (Å²) in [6, 6.07) is 6.48. The zero-order chi connectivity index (χ0) is 20.4. The van der Waals surface area contributed by atoms with Crippen LogP contribution in [0.5, 0.6) is 0 Å². The number of nitrogens with one attached hydrogen (secondary N) is 2. The summed E-state index contributed by atoms with van der Waals surface area (Å²) in [4.78, 5) is 40.0. The maximum atomic E-state index is 12.4. The number of urea groups is 1. The van der Waals surface area contributed by atoms with Gasteiger partial charge in [0, 0.05) is 23.4 Å². The molecule has 2 rings (SSSR count). The molecular formula is C19H23N3O4S2. The number of amides is 3. The average Bonchev–Trinajstić information content (AvgIpc) is 3.10. The van der Waals surface area contributed by atoms with E-state index in [4.69, 9.17) is 4.74 Å². The summed E-state index contributed by atoms with van der Waals surface area (Å²) in [6.07, 6.45) is 1.76. The summed E-state index contributed by atoms with van der Waals surface area (Å²) in [5, 5.41) is 6.66. The molecule has 1 aromatic heterocycles. The van der Waals surface area contributed by atoms with Gasteiger partial charge < -0.3 is 10.1 Å². The number of hydrogen-bond acceptors (Lipinski definition) is 7. The van der Waals surface area contributed by atoms with Crippen molar-refractivity contribution in [1.82, 2.24) is 15.6 Å². The summed E-state index contributed by atoms with van der Waals surface area (Å²) in [5.41, 5.74) is 2.15.